The molecule has 31 heavy (non-hydrogen) atoms. The van der Waals surface area contributed by atoms with Gasteiger partial charge >= 0.3 is 0 Å². The maximum Gasteiger partial charge on any atom is 0.160 e. The molecule has 154 valence electrons. The number of hydrogen-bond acceptors (Lipinski definition) is 1. The average molecular weight is 420 g/mol. The number of nitrogens with zero attached hydrogens (tertiary/aromatic N) is 2. The van der Waals surface area contributed by atoms with Crippen LogP contribution in [-0.2, 0) is 0 Å². The van der Waals surface area contributed by atoms with E-state index in [2.05, 4.69) is 5.10 Å². The molecule has 6 heteroatoms. The fourth-order valence-corrected chi connectivity index (χ4v) is 2.95. The van der Waals surface area contributed by atoms with Gasteiger partial charge in [0.15, 0.2) is 11.6 Å². The molecule has 0 atom stereocenters. The summed E-state index contributed by atoms with van der Waals surface area (Å²) in [5.74, 6) is -2.59. The Labute approximate surface area is 176 Å². The van der Waals surface area contributed by atoms with Crippen molar-refractivity contribution < 1.29 is 17.6 Å². The molecule has 0 aliphatic carbocycles. The highest BCUT2D eigenvalue weighted by Gasteiger charge is 2.10. The molecule has 3 aromatic carbocycles. The fourth-order valence-electron chi connectivity index (χ4n) is 2.95. The molecule has 0 unspecified atom stereocenters. The lowest BCUT2D eigenvalue weighted by atomic mass is 10.2. The second kappa shape index (κ2) is 8.83. The lowest BCUT2D eigenvalue weighted by molar-refractivity contribution is 0.507. The summed E-state index contributed by atoms with van der Waals surface area (Å²) >= 11 is 0. The highest BCUT2D eigenvalue weighted by molar-refractivity contribution is 5.73. The first-order valence-electron chi connectivity index (χ1n) is 9.41. The second-order valence-electron chi connectivity index (χ2n) is 6.77. The largest absolute Gasteiger partial charge is 0.233 e. The van der Waals surface area contributed by atoms with Gasteiger partial charge in [-0.05, 0) is 65.7 Å². The molecule has 4 rings (SSSR count). The number of benzene rings is 3. The van der Waals surface area contributed by atoms with Crippen LogP contribution in [0.5, 0.6) is 0 Å². The third-order valence-electron chi connectivity index (χ3n) is 4.54. The summed E-state index contributed by atoms with van der Waals surface area (Å²) in [5.41, 5.74) is 3.07. The predicted molar refractivity (Wildman–Crippen MR) is 114 cm³/mol. The van der Waals surface area contributed by atoms with Crippen LogP contribution in [-0.4, -0.2) is 9.78 Å². The molecule has 0 aliphatic rings. The maximum absolute atomic E-state index is 13.8. The molecule has 0 aliphatic heterocycles. The molecule has 0 saturated heterocycles. The monoisotopic (exact) mass is 420 g/mol. The normalized spacial score (nSPS) is 11.6. The van der Waals surface area contributed by atoms with Gasteiger partial charge in [-0.15, -0.1) is 0 Å². The Balaban J connectivity index is 1.71. The Morgan fingerprint density at radius 2 is 1.16 bits per heavy atom. The van der Waals surface area contributed by atoms with Crippen molar-refractivity contribution in [3.63, 3.8) is 0 Å². The first-order chi connectivity index (χ1) is 15.0. The van der Waals surface area contributed by atoms with Crippen LogP contribution in [0.3, 0.4) is 0 Å². The van der Waals surface area contributed by atoms with E-state index in [1.54, 1.807) is 54.6 Å². The minimum absolute atomic E-state index is 0.326. The van der Waals surface area contributed by atoms with Crippen molar-refractivity contribution in [2.75, 3.05) is 0 Å². The van der Waals surface area contributed by atoms with E-state index in [0.29, 0.717) is 17.1 Å². The molecule has 0 N–H and O–H groups in total. The van der Waals surface area contributed by atoms with Crippen molar-refractivity contribution in [2.24, 2.45) is 0 Å². The Hall–Kier alpha value is -3.93. The van der Waals surface area contributed by atoms with Crippen LogP contribution in [0.2, 0.25) is 0 Å². The third kappa shape index (κ3) is 4.98. The number of halogens is 4. The standard InChI is InChI=1S/C25H16F4N2/c26-19-7-1-17(2-8-19)5-11-21-15-22(12-6-18-3-9-20(27)10-4-18)31(30-21)23-13-14-24(28)25(29)16-23/h1-16H/b11-5+,12-6+. The van der Waals surface area contributed by atoms with E-state index in [4.69, 9.17) is 0 Å². The summed E-state index contributed by atoms with van der Waals surface area (Å²) in [6, 6.07) is 17.2. The van der Waals surface area contributed by atoms with Gasteiger partial charge in [-0.2, -0.15) is 5.10 Å². The van der Waals surface area contributed by atoms with Crippen molar-refractivity contribution in [3.8, 4) is 5.69 Å². The van der Waals surface area contributed by atoms with Crippen LogP contribution in [0, 0.1) is 23.3 Å². The molecule has 0 fully saturated rings. The van der Waals surface area contributed by atoms with Crippen LogP contribution < -0.4 is 0 Å². The summed E-state index contributed by atoms with van der Waals surface area (Å²) < 4.78 is 54.8. The van der Waals surface area contributed by atoms with Crippen LogP contribution in [0.1, 0.15) is 22.5 Å². The summed E-state index contributed by atoms with van der Waals surface area (Å²) in [6.07, 6.45) is 7.01. The van der Waals surface area contributed by atoms with Crippen LogP contribution >= 0.6 is 0 Å². The van der Waals surface area contributed by atoms with E-state index in [9.17, 15) is 17.6 Å². The fraction of sp³-hybridized carbons (Fsp3) is 0. The van der Waals surface area contributed by atoms with E-state index in [-0.39, 0.29) is 11.6 Å². The summed E-state index contributed by atoms with van der Waals surface area (Å²) in [7, 11) is 0. The van der Waals surface area contributed by atoms with Crippen molar-refractivity contribution in [3.05, 3.63) is 119 Å². The Morgan fingerprint density at radius 1 is 0.581 bits per heavy atom. The molecule has 0 amide bonds. The molecule has 0 radical (unpaired) electrons. The van der Waals surface area contributed by atoms with E-state index < -0.39 is 11.6 Å². The highest BCUT2D eigenvalue weighted by atomic mass is 19.2. The molecule has 2 nitrogen and oxygen atoms in total. The lowest BCUT2D eigenvalue weighted by Crippen LogP contribution is -2.00. The molecular weight excluding hydrogens is 404 g/mol. The zero-order valence-electron chi connectivity index (χ0n) is 16.1. The number of aromatic nitrogens is 2. The first kappa shape index (κ1) is 20.3. The Morgan fingerprint density at radius 3 is 1.74 bits per heavy atom. The molecular formula is C25H16F4N2. The molecule has 1 heterocycles. The maximum atomic E-state index is 13.8. The van der Waals surface area contributed by atoms with E-state index in [1.807, 2.05) is 0 Å². The van der Waals surface area contributed by atoms with Gasteiger partial charge in [0.25, 0.3) is 0 Å². The van der Waals surface area contributed by atoms with Crippen molar-refractivity contribution in [2.45, 2.75) is 0 Å². The zero-order valence-corrected chi connectivity index (χ0v) is 16.1. The first-order valence-corrected chi connectivity index (χ1v) is 9.41. The zero-order chi connectivity index (χ0) is 21.8. The quantitative estimate of drug-likeness (QED) is 0.326. The van der Waals surface area contributed by atoms with Gasteiger partial charge < -0.3 is 0 Å². The summed E-state index contributed by atoms with van der Waals surface area (Å²) in [5, 5.41) is 4.47. The summed E-state index contributed by atoms with van der Waals surface area (Å²) in [4.78, 5) is 0. The smallest absolute Gasteiger partial charge is 0.160 e. The van der Waals surface area contributed by atoms with E-state index in [0.717, 1.165) is 23.3 Å². The van der Waals surface area contributed by atoms with Gasteiger partial charge in [-0.3, -0.25) is 0 Å². The average Bonchev–Trinajstić information content (AvgIpc) is 3.18. The van der Waals surface area contributed by atoms with Crippen LogP contribution in [0.4, 0.5) is 17.6 Å². The predicted octanol–water partition coefficient (Wildman–Crippen LogP) is 6.77. The molecule has 0 bridgehead atoms. The van der Waals surface area contributed by atoms with Gasteiger partial charge in [0.1, 0.15) is 11.6 Å². The van der Waals surface area contributed by atoms with Crippen molar-refractivity contribution in [1.29, 1.82) is 0 Å². The molecule has 4 aromatic rings. The lowest BCUT2D eigenvalue weighted by Gasteiger charge is -2.05. The summed E-state index contributed by atoms with van der Waals surface area (Å²) in [6.45, 7) is 0. The Bertz CT molecular complexity index is 1250. The molecule has 1 aromatic heterocycles. The number of rotatable bonds is 5. The third-order valence-corrected chi connectivity index (χ3v) is 4.54. The second-order valence-corrected chi connectivity index (χ2v) is 6.77. The highest BCUT2D eigenvalue weighted by Crippen LogP contribution is 2.20. The van der Waals surface area contributed by atoms with Crippen LogP contribution in [0.15, 0.2) is 72.8 Å². The molecule has 0 saturated carbocycles. The van der Waals surface area contributed by atoms with Crippen molar-refractivity contribution >= 4 is 24.3 Å². The van der Waals surface area contributed by atoms with Gasteiger partial charge in [-0.25, -0.2) is 22.2 Å². The van der Waals surface area contributed by atoms with Gasteiger partial charge in [0, 0.05) is 6.07 Å². The van der Waals surface area contributed by atoms with Gasteiger partial charge in [0.2, 0.25) is 0 Å². The van der Waals surface area contributed by atoms with Gasteiger partial charge in [-0.1, -0.05) is 36.4 Å². The van der Waals surface area contributed by atoms with E-state index in [1.165, 1.54) is 35.0 Å². The van der Waals surface area contributed by atoms with Crippen molar-refractivity contribution in [1.82, 2.24) is 9.78 Å². The number of hydrogen-bond donors (Lipinski definition) is 0. The van der Waals surface area contributed by atoms with Gasteiger partial charge in [0.05, 0.1) is 17.1 Å². The minimum Gasteiger partial charge on any atom is -0.233 e. The topological polar surface area (TPSA) is 17.8 Å². The molecule has 0 spiro atoms. The minimum atomic E-state index is -0.982. The SMILES string of the molecule is Fc1ccc(/C=C/c2cc(/C=C/c3ccc(F)cc3)n(-c3ccc(F)c(F)c3)n2)cc1. The van der Waals surface area contributed by atoms with E-state index >= 15 is 0 Å². The Kier molecular flexibility index (Phi) is 5.80. The van der Waals surface area contributed by atoms with Crippen LogP contribution in [0.25, 0.3) is 30.0 Å².